The van der Waals surface area contributed by atoms with Crippen molar-refractivity contribution in [3.05, 3.63) is 48.0 Å². The molecule has 1 aromatic carbocycles. The predicted octanol–water partition coefficient (Wildman–Crippen LogP) is 2.43. The SMILES string of the molecule is CC(Oc1ccccc1C#N)c1nccn1C. The third-order valence-electron chi connectivity index (χ3n) is 2.53. The van der Waals surface area contributed by atoms with E-state index in [2.05, 4.69) is 11.1 Å². The van der Waals surface area contributed by atoms with E-state index in [1.165, 1.54) is 0 Å². The summed E-state index contributed by atoms with van der Waals surface area (Å²) in [5.41, 5.74) is 0.536. The van der Waals surface area contributed by atoms with Gasteiger partial charge in [-0.3, -0.25) is 0 Å². The molecular formula is C13H13N3O. The number of rotatable bonds is 3. The summed E-state index contributed by atoms with van der Waals surface area (Å²) in [6.45, 7) is 1.91. The minimum atomic E-state index is -0.190. The molecule has 0 aliphatic carbocycles. The summed E-state index contributed by atoms with van der Waals surface area (Å²) in [4.78, 5) is 4.22. The van der Waals surface area contributed by atoms with E-state index in [1.54, 1.807) is 18.3 Å². The number of hydrogen-bond donors (Lipinski definition) is 0. The van der Waals surface area contributed by atoms with Crippen LogP contribution in [0.2, 0.25) is 0 Å². The number of aromatic nitrogens is 2. The minimum absolute atomic E-state index is 0.190. The molecule has 4 nitrogen and oxygen atoms in total. The van der Waals surface area contributed by atoms with Gasteiger partial charge in [-0.2, -0.15) is 5.26 Å². The number of nitriles is 1. The molecule has 0 spiro atoms. The molecular weight excluding hydrogens is 214 g/mol. The van der Waals surface area contributed by atoms with Gasteiger partial charge in [0.2, 0.25) is 0 Å². The fourth-order valence-corrected chi connectivity index (χ4v) is 1.67. The lowest BCUT2D eigenvalue weighted by atomic mass is 10.2. The highest BCUT2D eigenvalue weighted by atomic mass is 16.5. The number of para-hydroxylation sites is 1. The Labute approximate surface area is 100 Å². The molecule has 0 bridgehead atoms. The highest BCUT2D eigenvalue weighted by Gasteiger charge is 2.13. The van der Waals surface area contributed by atoms with Crippen LogP contribution in [0, 0.1) is 11.3 Å². The number of hydrogen-bond acceptors (Lipinski definition) is 3. The Morgan fingerprint density at radius 2 is 2.18 bits per heavy atom. The van der Waals surface area contributed by atoms with Crippen molar-refractivity contribution in [1.29, 1.82) is 5.26 Å². The van der Waals surface area contributed by atoms with E-state index < -0.39 is 0 Å². The van der Waals surface area contributed by atoms with Crippen LogP contribution in [0.4, 0.5) is 0 Å². The van der Waals surface area contributed by atoms with Crippen LogP contribution >= 0.6 is 0 Å². The van der Waals surface area contributed by atoms with Gasteiger partial charge in [-0.05, 0) is 19.1 Å². The van der Waals surface area contributed by atoms with Crippen LogP contribution in [0.15, 0.2) is 36.7 Å². The van der Waals surface area contributed by atoms with Gasteiger partial charge in [0, 0.05) is 19.4 Å². The van der Waals surface area contributed by atoms with Gasteiger partial charge in [-0.25, -0.2) is 4.98 Å². The molecule has 86 valence electrons. The Morgan fingerprint density at radius 1 is 1.41 bits per heavy atom. The Balaban J connectivity index is 2.22. The lowest BCUT2D eigenvalue weighted by molar-refractivity contribution is 0.212. The molecule has 0 fully saturated rings. The standard InChI is InChI=1S/C13H13N3O/c1-10(13-15-7-8-16(13)2)17-12-6-4-3-5-11(12)9-14/h3-8,10H,1-2H3. The van der Waals surface area contributed by atoms with Gasteiger partial charge in [0.1, 0.15) is 17.6 Å². The fourth-order valence-electron chi connectivity index (χ4n) is 1.67. The van der Waals surface area contributed by atoms with Gasteiger partial charge in [-0.1, -0.05) is 12.1 Å². The van der Waals surface area contributed by atoms with Crippen molar-refractivity contribution >= 4 is 0 Å². The molecule has 0 saturated carbocycles. The molecule has 4 heteroatoms. The molecule has 1 aromatic heterocycles. The van der Waals surface area contributed by atoms with E-state index in [0.29, 0.717) is 11.3 Å². The molecule has 0 radical (unpaired) electrons. The number of benzene rings is 1. The molecule has 1 heterocycles. The average molecular weight is 227 g/mol. The van der Waals surface area contributed by atoms with Gasteiger partial charge in [0.05, 0.1) is 5.56 Å². The molecule has 1 unspecified atom stereocenters. The third-order valence-corrected chi connectivity index (χ3v) is 2.53. The zero-order valence-electron chi connectivity index (χ0n) is 9.79. The summed E-state index contributed by atoms with van der Waals surface area (Å²) in [7, 11) is 1.92. The maximum atomic E-state index is 8.97. The first-order valence-electron chi connectivity index (χ1n) is 5.35. The average Bonchev–Trinajstić information content (AvgIpc) is 2.76. The number of ether oxygens (including phenoxy) is 1. The zero-order chi connectivity index (χ0) is 12.3. The number of nitrogens with zero attached hydrogens (tertiary/aromatic N) is 3. The van der Waals surface area contributed by atoms with Gasteiger partial charge in [0.25, 0.3) is 0 Å². The monoisotopic (exact) mass is 227 g/mol. The summed E-state index contributed by atoms with van der Waals surface area (Å²) in [6.07, 6.45) is 3.40. The highest BCUT2D eigenvalue weighted by Crippen LogP contribution is 2.23. The van der Waals surface area contributed by atoms with Crippen molar-refractivity contribution < 1.29 is 4.74 Å². The van der Waals surface area contributed by atoms with Crippen molar-refractivity contribution in [2.75, 3.05) is 0 Å². The molecule has 2 rings (SSSR count). The summed E-state index contributed by atoms with van der Waals surface area (Å²) >= 11 is 0. The van der Waals surface area contributed by atoms with E-state index >= 15 is 0 Å². The van der Waals surface area contributed by atoms with Crippen LogP contribution in [-0.4, -0.2) is 9.55 Å². The van der Waals surface area contributed by atoms with Gasteiger partial charge < -0.3 is 9.30 Å². The Morgan fingerprint density at radius 3 is 2.82 bits per heavy atom. The molecule has 0 aliphatic heterocycles. The second kappa shape index (κ2) is 4.71. The molecule has 17 heavy (non-hydrogen) atoms. The van der Waals surface area contributed by atoms with Crippen LogP contribution < -0.4 is 4.74 Å². The molecule has 0 amide bonds. The largest absolute Gasteiger partial charge is 0.481 e. The predicted molar refractivity (Wildman–Crippen MR) is 63.4 cm³/mol. The Hall–Kier alpha value is -2.28. The van der Waals surface area contributed by atoms with Crippen LogP contribution in [0.1, 0.15) is 24.4 Å². The molecule has 0 aliphatic rings. The highest BCUT2D eigenvalue weighted by molar-refractivity contribution is 5.42. The minimum Gasteiger partial charge on any atom is -0.481 e. The summed E-state index contributed by atoms with van der Waals surface area (Å²) < 4.78 is 7.66. The molecule has 0 saturated heterocycles. The van der Waals surface area contributed by atoms with Crippen LogP contribution in [0.3, 0.4) is 0 Å². The maximum absolute atomic E-state index is 8.97. The molecule has 1 atom stereocenters. The Bertz CT molecular complexity index is 554. The van der Waals surface area contributed by atoms with Gasteiger partial charge in [0.15, 0.2) is 6.10 Å². The van der Waals surface area contributed by atoms with Gasteiger partial charge in [-0.15, -0.1) is 0 Å². The number of imidazole rings is 1. The van der Waals surface area contributed by atoms with Crippen LogP contribution in [-0.2, 0) is 7.05 Å². The van der Waals surface area contributed by atoms with Gasteiger partial charge >= 0.3 is 0 Å². The van der Waals surface area contributed by atoms with Crippen molar-refractivity contribution in [2.24, 2.45) is 7.05 Å². The van der Waals surface area contributed by atoms with Crippen LogP contribution in [0.25, 0.3) is 0 Å². The summed E-state index contributed by atoms with van der Waals surface area (Å²) in [6, 6.07) is 9.30. The zero-order valence-corrected chi connectivity index (χ0v) is 9.79. The second-order valence-corrected chi connectivity index (χ2v) is 3.76. The van der Waals surface area contributed by atoms with E-state index in [9.17, 15) is 0 Å². The smallest absolute Gasteiger partial charge is 0.153 e. The quantitative estimate of drug-likeness (QED) is 0.809. The van der Waals surface area contributed by atoms with E-state index in [4.69, 9.17) is 10.00 Å². The third kappa shape index (κ3) is 2.28. The molecule has 2 aromatic rings. The van der Waals surface area contributed by atoms with Crippen molar-refractivity contribution in [3.63, 3.8) is 0 Å². The first-order valence-corrected chi connectivity index (χ1v) is 5.35. The van der Waals surface area contributed by atoms with Crippen LogP contribution in [0.5, 0.6) is 5.75 Å². The topological polar surface area (TPSA) is 50.8 Å². The van der Waals surface area contributed by atoms with E-state index in [-0.39, 0.29) is 6.10 Å². The molecule has 0 N–H and O–H groups in total. The first-order chi connectivity index (χ1) is 8.22. The van der Waals surface area contributed by atoms with Crippen molar-refractivity contribution in [1.82, 2.24) is 9.55 Å². The van der Waals surface area contributed by atoms with E-state index in [0.717, 1.165) is 5.82 Å². The van der Waals surface area contributed by atoms with E-state index in [1.807, 2.05) is 36.9 Å². The second-order valence-electron chi connectivity index (χ2n) is 3.76. The maximum Gasteiger partial charge on any atom is 0.153 e. The Kier molecular flexibility index (Phi) is 3.10. The lowest BCUT2D eigenvalue weighted by Gasteiger charge is -2.15. The first kappa shape index (κ1) is 11.2. The van der Waals surface area contributed by atoms with Crippen molar-refractivity contribution in [3.8, 4) is 11.8 Å². The summed E-state index contributed by atoms with van der Waals surface area (Å²) in [5.74, 6) is 1.42. The van der Waals surface area contributed by atoms with Crippen molar-refractivity contribution in [2.45, 2.75) is 13.0 Å². The normalized spacial score (nSPS) is 11.8. The summed E-state index contributed by atoms with van der Waals surface area (Å²) in [5, 5.41) is 8.97. The fraction of sp³-hybridized carbons (Fsp3) is 0.231. The number of aryl methyl sites for hydroxylation is 1. The lowest BCUT2D eigenvalue weighted by Crippen LogP contribution is -2.09.